The van der Waals surface area contributed by atoms with Gasteiger partial charge >= 0.3 is 5.97 Å². The Kier molecular flexibility index (Phi) is 5.31. The number of amides is 1. The van der Waals surface area contributed by atoms with Crippen LogP contribution in [0.4, 0.5) is 0 Å². The number of rotatable bonds is 4. The van der Waals surface area contributed by atoms with E-state index in [-0.39, 0.29) is 11.6 Å². The molecule has 0 atom stereocenters. The summed E-state index contributed by atoms with van der Waals surface area (Å²) in [6.07, 6.45) is 0. The lowest BCUT2D eigenvalue weighted by atomic mass is 10.0. The third-order valence-electron chi connectivity index (χ3n) is 3.52. The van der Waals surface area contributed by atoms with Gasteiger partial charge in [0, 0.05) is 5.56 Å². The van der Waals surface area contributed by atoms with Gasteiger partial charge in [-0.15, -0.1) is 0 Å². The van der Waals surface area contributed by atoms with E-state index in [0.717, 1.165) is 11.1 Å². The first-order valence-electron chi connectivity index (χ1n) is 7.25. The normalized spacial score (nSPS) is 11.4. The van der Waals surface area contributed by atoms with Gasteiger partial charge in [-0.2, -0.15) is 0 Å². The monoisotopic (exact) mass is 309 g/mol. The van der Waals surface area contributed by atoms with Gasteiger partial charge in [-0.25, -0.2) is 4.79 Å². The highest BCUT2D eigenvalue weighted by Gasteiger charge is 2.18. The van der Waals surface area contributed by atoms with Crippen LogP contribution in [0.25, 0.3) is 5.57 Å². The van der Waals surface area contributed by atoms with Crippen molar-refractivity contribution in [3.05, 3.63) is 77.0 Å². The van der Waals surface area contributed by atoms with Gasteiger partial charge < -0.3 is 10.1 Å². The Hall–Kier alpha value is -2.88. The van der Waals surface area contributed by atoms with Crippen molar-refractivity contribution >= 4 is 17.4 Å². The average Bonchev–Trinajstić information content (AvgIpc) is 2.59. The molecule has 0 aliphatic heterocycles. The Labute approximate surface area is 135 Å². The van der Waals surface area contributed by atoms with Gasteiger partial charge in [0.1, 0.15) is 5.70 Å². The molecule has 2 aromatic carbocycles. The van der Waals surface area contributed by atoms with E-state index in [0.29, 0.717) is 11.1 Å². The van der Waals surface area contributed by atoms with Crippen molar-refractivity contribution in [2.24, 2.45) is 0 Å². The van der Waals surface area contributed by atoms with Gasteiger partial charge in [-0.1, -0.05) is 48.0 Å². The van der Waals surface area contributed by atoms with Crippen LogP contribution in [0, 0.1) is 6.92 Å². The zero-order valence-corrected chi connectivity index (χ0v) is 13.4. The third kappa shape index (κ3) is 4.07. The minimum atomic E-state index is -0.577. The predicted molar refractivity (Wildman–Crippen MR) is 89.7 cm³/mol. The van der Waals surface area contributed by atoms with Gasteiger partial charge in [-0.3, -0.25) is 4.79 Å². The van der Waals surface area contributed by atoms with Crippen molar-refractivity contribution in [2.45, 2.75) is 13.8 Å². The van der Waals surface area contributed by atoms with E-state index in [2.05, 4.69) is 5.32 Å². The molecule has 4 nitrogen and oxygen atoms in total. The van der Waals surface area contributed by atoms with Gasteiger partial charge in [0.25, 0.3) is 5.91 Å². The van der Waals surface area contributed by atoms with Crippen molar-refractivity contribution in [3.63, 3.8) is 0 Å². The summed E-state index contributed by atoms with van der Waals surface area (Å²) in [5.41, 5.74) is 3.25. The van der Waals surface area contributed by atoms with Crippen LogP contribution in [0.3, 0.4) is 0 Å². The van der Waals surface area contributed by atoms with Crippen LogP contribution in [0.1, 0.15) is 28.4 Å². The molecule has 0 saturated carbocycles. The molecule has 0 unspecified atom stereocenters. The lowest BCUT2D eigenvalue weighted by Crippen LogP contribution is -2.29. The number of methoxy groups -OCH3 is 1. The van der Waals surface area contributed by atoms with Crippen LogP contribution >= 0.6 is 0 Å². The SMILES string of the molecule is COC(=O)/C(NC(=O)c1ccccc1)=C(/C)c1ccc(C)cc1. The second-order valence-electron chi connectivity index (χ2n) is 5.18. The second kappa shape index (κ2) is 7.40. The maximum atomic E-state index is 12.3. The number of allylic oxidation sites excluding steroid dienone is 1. The van der Waals surface area contributed by atoms with Crippen molar-refractivity contribution in [1.82, 2.24) is 5.32 Å². The molecule has 0 aliphatic rings. The number of nitrogens with one attached hydrogen (secondary N) is 1. The summed E-state index contributed by atoms with van der Waals surface area (Å²) in [6.45, 7) is 3.77. The van der Waals surface area contributed by atoms with E-state index < -0.39 is 5.97 Å². The fraction of sp³-hybridized carbons (Fsp3) is 0.158. The van der Waals surface area contributed by atoms with E-state index in [9.17, 15) is 9.59 Å². The highest BCUT2D eigenvalue weighted by molar-refractivity contribution is 6.05. The Balaban J connectivity index is 2.37. The maximum absolute atomic E-state index is 12.3. The Morgan fingerprint density at radius 1 is 0.913 bits per heavy atom. The number of aryl methyl sites for hydroxylation is 1. The Morgan fingerprint density at radius 2 is 1.52 bits per heavy atom. The van der Waals surface area contributed by atoms with E-state index in [1.807, 2.05) is 37.3 Å². The van der Waals surface area contributed by atoms with E-state index >= 15 is 0 Å². The first-order chi connectivity index (χ1) is 11.0. The lowest BCUT2D eigenvalue weighted by Gasteiger charge is -2.12. The third-order valence-corrected chi connectivity index (χ3v) is 3.52. The number of carbonyl (C=O) groups is 2. The molecule has 0 spiro atoms. The molecule has 4 heteroatoms. The maximum Gasteiger partial charge on any atom is 0.354 e. The zero-order valence-electron chi connectivity index (χ0n) is 13.4. The van der Waals surface area contributed by atoms with Crippen molar-refractivity contribution in [3.8, 4) is 0 Å². The van der Waals surface area contributed by atoms with Gasteiger partial charge in [-0.05, 0) is 37.1 Å². The molecule has 0 aliphatic carbocycles. The number of hydrogen-bond donors (Lipinski definition) is 1. The van der Waals surface area contributed by atoms with Crippen LogP contribution in [0.5, 0.6) is 0 Å². The summed E-state index contributed by atoms with van der Waals surface area (Å²) >= 11 is 0. The fourth-order valence-corrected chi connectivity index (χ4v) is 2.12. The number of hydrogen-bond acceptors (Lipinski definition) is 3. The van der Waals surface area contributed by atoms with Gasteiger partial charge in [0.05, 0.1) is 7.11 Å². The number of ether oxygens (including phenoxy) is 1. The second-order valence-corrected chi connectivity index (χ2v) is 5.18. The van der Waals surface area contributed by atoms with E-state index in [1.165, 1.54) is 7.11 Å². The molecule has 23 heavy (non-hydrogen) atoms. The van der Waals surface area contributed by atoms with Gasteiger partial charge in [0.15, 0.2) is 0 Å². The lowest BCUT2D eigenvalue weighted by molar-refractivity contribution is -0.136. The summed E-state index contributed by atoms with van der Waals surface area (Å²) in [5, 5.41) is 2.66. The number of esters is 1. The molecule has 0 aromatic heterocycles. The number of benzene rings is 2. The molecule has 118 valence electrons. The largest absolute Gasteiger partial charge is 0.464 e. The molecule has 2 rings (SSSR count). The van der Waals surface area contributed by atoms with Crippen LogP contribution in [-0.4, -0.2) is 19.0 Å². The summed E-state index contributed by atoms with van der Waals surface area (Å²) < 4.78 is 4.80. The van der Waals surface area contributed by atoms with Crippen LogP contribution in [0.2, 0.25) is 0 Å². The van der Waals surface area contributed by atoms with E-state index in [4.69, 9.17) is 4.74 Å². The zero-order chi connectivity index (χ0) is 16.8. The molecular weight excluding hydrogens is 290 g/mol. The minimum Gasteiger partial charge on any atom is -0.464 e. The molecule has 1 N–H and O–H groups in total. The minimum absolute atomic E-state index is 0.144. The van der Waals surface area contributed by atoms with Crippen LogP contribution < -0.4 is 5.32 Å². The molecular formula is C19H19NO3. The molecule has 2 aromatic rings. The topological polar surface area (TPSA) is 55.4 Å². The Bertz CT molecular complexity index is 731. The summed E-state index contributed by atoms with van der Waals surface area (Å²) in [4.78, 5) is 24.4. The fourth-order valence-electron chi connectivity index (χ4n) is 2.12. The first-order valence-corrected chi connectivity index (χ1v) is 7.25. The molecule has 0 radical (unpaired) electrons. The highest BCUT2D eigenvalue weighted by Crippen LogP contribution is 2.19. The molecule has 0 saturated heterocycles. The highest BCUT2D eigenvalue weighted by atomic mass is 16.5. The summed E-state index contributed by atoms with van der Waals surface area (Å²) in [6, 6.07) is 16.4. The standard InChI is InChI=1S/C19H19NO3/c1-13-9-11-15(12-10-13)14(2)17(19(22)23-3)20-18(21)16-7-5-4-6-8-16/h4-12H,1-3H3,(H,20,21)/b17-14+. The summed E-state index contributed by atoms with van der Waals surface area (Å²) in [7, 11) is 1.29. The smallest absolute Gasteiger partial charge is 0.354 e. The van der Waals surface area contributed by atoms with Crippen LogP contribution in [-0.2, 0) is 9.53 Å². The Morgan fingerprint density at radius 3 is 2.09 bits per heavy atom. The summed E-state index contributed by atoms with van der Waals surface area (Å²) in [5.74, 6) is -0.926. The van der Waals surface area contributed by atoms with Crippen LogP contribution in [0.15, 0.2) is 60.3 Å². The van der Waals surface area contributed by atoms with Gasteiger partial charge in [0.2, 0.25) is 0 Å². The quantitative estimate of drug-likeness (QED) is 0.696. The molecule has 0 heterocycles. The average molecular weight is 309 g/mol. The first kappa shape index (κ1) is 16.5. The van der Waals surface area contributed by atoms with Crippen molar-refractivity contribution in [1.29, 1.82) is 0 Å². The van der Waals surface area contributed by atoms with E-state index in [1.54, 1.807) is 31.2 Å². The molecule has 1 amide bonds. The van der Waals surface area contributed by atoms with Crippen molar-refractivity contribution < 1.29 is 14.3 Å². The predicted octanol–water partition coefficient (Wildman–Crippen LogP) is 3.33. The number of carbonyl (C=O) groups excluding carboxylic acids is 2. The molecule has 0 fully saturated rings. The molecule has 0 bridgehead atoms. The van der Waals surface area contributed by atoms with Crippen molar-refractivity contribution in [2.75, 3.05) is 7.11 Å².